The molecular formula is C13H18N4O. The van der Waals surface area contributed by atoms with Crippen molar-refractivity contribution in [3.05, 3.63) is 30.6 Å². The molecular weight excluding hydrogens is 228 g/mol. The van der Waals surface area contributed by atoms with Crippen molar-refractivity contribution in [1.82, 2.24) is 14.9 Å². The molecule has 1 aromatic carbocycles. The van der Waals surface area contributed by atoms with Gasteiger partial charge >= 0.3 is 0 Å². The van der Waals surface area contributed by atoms with Crippen LogP contribution in [-0.4, -0.2) is 28.0 Å². The van der Waals surface area contributed by atoms with Crippen molar-refractivity contribution in [1.29, 1.82) is 0 Å². The molecule has 1 atom stereocenters. The highest BCUT2D eigenvalue weighted by Gasteiger charge is 2.05. The molecule has 0 radical (unpaired) electrons. The number of benzene rings is 1. The number of fused-ring (bicyclic) bond motifs is 1. The Bertz CT molecular complexity index is 533. The lowest BCUT2D eigenvalue weighted by atomic mass is 10.3. The van der Waals surface area contributed by atoms with E-state index >= 15 is 0 Å². The lowest BCUT2D eigenvalue weighted by Gasteiger charge is -2.08. The molecule has 2 rings (SSSR count). The number of imidazole rings is 1. The summed E-state index contributed by atoms with van der Waals surface area (Å²) >= 11 is 0. The maximum atomic E-state index is 11.3. The fourth-order valence-electron chi connectivity index (χ4n) is 1.81. The molecule has 1 amide bonds. The van der Waals surface area contributed by atoms with E-state index in [9.17, 15) is 4.79 Å². The van der Waals surface area contributed by atoms with Crippen LogP contribution in [0.5, 0.6) is 0 Å². The zero-order valence-corrected chi connectivity index (χ0v) is 10.5. The summed E-state index contributed by atoms with van der Waals surface area (Å²) in [4.78, 5) is 15.6. The summed E-state index contributed by atoms with van der Waals surface area (Å²) in [6.45, 7) is 3.14. The van der Waals surface area contributed by atoms with Gasteiger partial charge in [0.1, 0.15) is 0 Å². The molecule has 1 heterocycles. The number of para-hydroxylation sites is 2. The lowest BCUT2D eigenvalue weighted by molar-refractivity contribution is -0.121. The third-order valence-electron chi connectivity index (χ3n) is 2.82. The SMILES string of the molecule is CC(N)C(=O)NCCCn1cnc2ccccc21. The Morgan fingerprint density at radius 1 is 1.50 bits per heavy atom. The van der Waals surface area contributed by atoms with Crippen LogP contribution in [0.1, 0.15) is 13.3 Å². The second kappa shape index (κ2) is 5.64. The Labute approximate surface area is 106 Å². The molecule has 0 bridgehead atoms. The van der Waals surface area contributed by atoms with Gasteiger partial charge in [0, 0.05) is 13.1 Å². The Kier molecular flexibility index (Phi) is 3.94. The molecule has 5 heteroatoms. The minimum absolute atomic E-state index is 0.106. The number of aromatic nitrogens is 2. The maximum absolute atomic E-state index is 11.3. The van der Waals surface area contributed by atoms with Crippen LogP contribution >= 0.6 is 0 Å². The van der Waals surface area contributed by atoms with Gasteiger partial charge in [0.2, 0.25) is 5.91 Å². The fraction of sp³-hybridized carbons (Fsp3) is 0.385. The fourth-order valence-corrected chi connectivity index (χ4v) is 1.81. The predicted molar refractivity (Wildman–Crippen MR) is 71.0 cm³/mol. The van der Waals surface area contributed by atoms with E-state index < -0.39 is 6.04 Å². The number of carbonyl (C=O) groups is 1. The van der Waals surface area contributed by atoms with Crippen molar-refractivity contribution >= 4 is 16.9 Å². The Morgan fingerprint density at radius 3 is 3.06 bits per heavy atom. The minimum atomic E-state index is -0.445. The van der Waals surface area contributed by atoms with Crippen LogP contribution < -0.4 is 11.1 Å². The summed E-state index contributed by atoms with van der Waals surface area (Å²) in [6, 6.07) is 7.56. The van der Waals surface area contributed by atoms with Crippen molar-refractivity contribution in [2.24, 2.45) is 5.73 Å². The molecule has 5 nitrogen and oxygen atoms in total. The molecule has 0 spiro atoms. The molecule has 1 aromatic heterocycles. The Balaban J connectivity index is 1.85. The lowest BCUT2D eigenvalue weighted by Crippen LogP contribution is -2.38. The van der Waals surface area contributed by atoms with E-state index in [4.69, 9.17) is 5.73 Å². The molecule has 0 aliphatic carbocycles. The second-order valence-corrected chi connectivity index (χ2v) is 4.36. The van der Waals surface area contributed by atoms with Crippen molar-refractivity contribution < 1.29 is 4.79 Å². The standard InChI is InChI=1S/C13H18N4O/c1-10(14)13(18)15-7-4-8-17-9-16-11-5-2-3-6-12(11)17/h2-3,5-6,9-10H,4,7-8,14H2,1H3,(H,15,18). The average molecular weight is 246 g/mol. The van der Waals surface area contributed by atoms with E-state index in [2.05, 4.69) is 14.9 Å². The smallest absolute Gasteiger partial charge is 0.236 e. The number of nitrogens with one attached hydrogen (secondary N) is 1. The molecule has 18 heavy (non-hydrogen) atoms. The van der Waals surface area contributed by atoms with E-state index in [1.165, 1.54) is 0 Å². The van der Waals surface area contributed by atoms with Gasteiger partial charge in [-0.05, 0) is 25.5 Å². The highest BCUT2D eigenvalue weighted by atomic mass is 16.2. The van der Waals surface area contributed by atoms with Crippen LogP contribution in [0, 0.1) is 0 Å². The monoisotopic (exact) mass is 246 g/mol. The molecule has 3 N–H and O–H groups in total. The topological polar surface area (TPSA) is 72.9 Å². The second-order valence-electron chi connectivity index (χ2n) is 4.36. The van der Waals surface area contributed by atoms with Crippen molar-refractivity contribution in [2.75, 3.05) is 6.54 Å². The zero-order chi connectivity index (χ0) is 13.0. The van der Waals surface area contributed by atoms with Crippen LogP contribution in [0.4, 0.5) is 0 Å². The van der Waals surface area contributed by atoms with Crippen molar-refractivity contribution in [2.45, 2.75) is 25.9 Å². The van der Waals surface area contributed by atoms with Gasteiger partial charge in [0.05, 0.1) is 23.4 Å². The summed E-state index contributed by atoms with van der Waals surface area (Å²) in [7, 11) is 0. The third-order valence-corrected chi connectivity index (χ3v) is 2.82. The average Bonchev–Trinajstić information content (AvgIpc) is 2.77. The summed E-state index contributed by atoms with van der Waals surface area (Å²) < 4.78 is 2.09. The first-order valence-electron chi connectivity index (χ1n) is 6.11. The molecule has 96 valence electrons. The van der Waals surface area contributed by atoms with Gasteiger partial charge in [0.15, 0.2) is 0 Å². The van der Waals surface area contributed by atoms with Crippen LogP contribution in [0.25, 0.3) is 11.0 Å². The summed E-state index contributed by atoms with van der Waals surface area (Å²) in [5, 5.41) is 2.79. The number of nitrogens with zero attached hydrogens (tertiary/aromatic N) is 2. The first kappa shape index (κ1) is 12.6. The first-order valence-corrected chi connectivity index (χ1v) is 6.11. The molecule has 0 fully saturated rings. The van der Waals surface area contributed by atoms with Gasteiger partial charge in [-0.3, -0.25) is 4.79 Å². The quantitative estimate of drug-likeness (QED) is 0.769. The molecule has 0 saturated carbocycles. The summed E-state index contributed by atoms with van der Waals surface area (Å²) in [6.07, 6.45) is 2.69. The summed E-state index contributed by atoms with van der Waals surface area (Å²) in [5.74, 6) is -0.106. The van der Waals surface area contributed by atoms with E-state index in [1.807, 2.05) is 30.6 Å². The van der Waals surface area contributed by atoms with Gasteiger partial charge < -0.3 is 15.6 Å². The van der Waals surface area contributed by atoms with Crippen LogP contribution in [0.2, 0.25) is 0 Å². The molecule has 0 saturated heterocycles. The van der Waals surface area contributed by atoms with Crippen LogP contribution in [-0.2, 0) is 11.3 Å². The zero-order valence-electron chi connectivity index (χ0n) is 10.5. The number of hydrogen-bond donors (Lipinski definition) is 2. The van der Waals surface area contributed by atoms with E-state index in [1.54, 1.807) is 6.92 Å². The number of nitrogens with two attached hydrogens (primary N) is 1. The normalized spacial score (nSPS) is 12.6. The number of hydrogen-bond acceptors (Lipinski definition) is 3. The Morgan fingerprint density at radius 2 is 2.28 bits per heavy atom. The van der Waals surface area contributed by atoms with Gasteiger partial charge in [-0.15, -0.1) is 0 Å². The van der Waals surface area contributed by atoms with Crippen molar-refractivity contribution in [3.8, 4) is 0 Å². The maximum Gasteiger partial charge on any atom is 0.236 e. The van der Waals surface area contributed by atoms with Crippen LogP contribution in [0.3, 0.4) is 0 Å². The summed E-state index contributed by atoms with van der Waals surface area (Å²) in [5.41, 5.74) is 7.58. The van der Waals surface area contributed by atoms with Gasteiger partial charge in [-0.2, -0.15) is 0 Å². The molecule has 2 aromatic rings. The number of carbonyl (C=O) groups excluding carboxylic acids is 1. The molecule has 0 aliphatic heterocycles. The number of rotatable bonds is 5. The van der Waals surface area contributed by atoms with Crippen LogP contribution in [0.15, 0.2) is 30.6 Å². The molecule has 1 unspecified atom stereocenters. The van der Waals surface area contributed by atoms with E-state index in [-0.39, 0.29) is 5.91 Å². The van der Waals surface area contributed by atoms with E-state index in [0.29, 0.717) is 6.54 Å². The minimum Gasteiger partial charge on any atom is -0.355 e. The highest BCUT2D eigenvalue weighted by molar-refractivity contribution is 5.80. The number of amides is 1. The Hall–Kier alpha value is -1.88. The largest absolute Gasteiger partial charge is 0.355 e. The van der Waals surface area contributed by atoms with Gasteiger partial charge in [0.25, 0.3) is 0 Å². The predicted octanol–water partition coefficient (Wildman–Crippen LogP) is 0.890. The van der Waals surface area contributed by atoms with Crippen molar-refractivity contribution in [3.63, 3.8) is 0 Å². The van der Waals surface area contributed by atoms with Gasteiger partial charge in [-0.1, -0.05) is 12.1 Å². The number of aryl methyl sites for hydroxylation is 1. The molecule has 0 aliphatic rings. The highest BCUT2D eigenvalue weighted by Crippen LogP contribution is 2.11. The van der Waals surface area contributed by atoms with Gasteiger partial charge in [-0.25, -0.2) is 4.98 Å². The first-order chi connectivity index (χ1) is 8.68. The van der Waals surface area contributed by atoms with E-state index in [0.717, 1.165) is 24.0 Å². The third kappa shape index (κ3) is 2.87.